The molecule has 0 aliphatic heterocycles. The highest BCUT2D eigenvalue weighted by molar-refractivity contribution is 6.63. The van der Waals surface area contributed by atoms with Crippen LogP contribution in [-0.4, -0.2) is 5.24 Å². The standard InChI is InChI=1S/C12H14ClFO/c1-2-3-10(8-12(13)15)9-4-6-11(14)7-5-9/h4-7,10H,2-3,8H2,1H3/t10-/m1/s1. The summed E-state index contributed by atoms with van der Waals surface area (Å²) in [5, 5.41) is -0.335. The number of benzene rings is 1. The van der Waals surface area contributed by atoms with Crippen molar-refractivity contribution < 1.29 is 9.18 Å². The molecule has 0 amide bonds. The maximum Gasteiger partial charge on any atom is 0.222 e. The minimum absolute atomic E-state index is 0.112. The number of halogens is 2. The van der Waals surface area contributed by atoms with Gasteiger partial charge in [-0.2, -0.15) is 0 Å². The van der Waals surface area contributed by atoms with Gasteiger partial charge in [-0.25, -0.2) is 4.39 Å². The fourth-order valence-corrected chi connectivity index (χ4v) is 1.85. The minimum atomic E-state index is -0.335. The number of rotatable bonds is 5. The van der Waals surface area contributed by atoms with E-state index in [1.54, 1.807) is 12.1 Å². The summed E-state index contributed by atoms with van der Waals surface area (Å²) >= 11 is 5.38. The molecule has 1 nitrogen and oxygen atoms in total. The maximum absolute atomic E-state index is 12.7. The lowest BCUT2D eigenvalue weighted by atomic mass is 9.92. The Balaban J connectivity index is 2.78. The maximum atomic E-state index is 12.7. The molecule has 0 radical (unpaired) electrons. The number of hydrogen-bond acceptors (Lipinski definition) is 1. The van der Waals surface area contributed by atoms with Crippen LogP contribution in [0.4, 0.5) is 4.39 Å². The molecule has 0 fully saturated rings. The van der Waals surface area contributed by atoms with Gasteiger partial charge in [-0.05, 0) is 41.6 Å². The zero-order valence-corrected chi connectivity index (χ0v) is 9.43. The van der Waals surface area contributed by atoms with Crippen molar-refractivity contribution in [3.8, 4) is 0 Å². The van der Waals surface area contributed by atoms with Gasteiger partial charge in [0.05, 0.1) is 0 Å². The molecule has 1 aromatic rings. The molecular weight excluding hydrogens is 215 g/mol. The molecule has 0 saturated heterocycles. The van der Waals surface area contributed by atoms with Gasteiger partial charge in [0.1, 0.15) is 5.82 Å². The molecule has 0 aliphatic rings. The summed E-state index contributed by atoms with van der Waals surface area (Å²) in [4.78, 5) is 10.9. The molecule has 0 N–H and O–H groups in total. The van der Waals surface area contributed by atoms with Crippen LogP contribution in [0.2, 0.25) is 0 Å². The average Bonchev–Trinajstić information content (AvgIpc) is 2.17. The van der Waals surface area contributed by atoms with E-state index < -0.39 is 0 Å². The van der Waals surface area contributed by atoms with Gasteiger partial charge in [0, 0.05) is 6.42 Å². The first kappa shape index (κ1) is 12.2. The average molecular weight is 229 g/mol. The van der Waals surface area contributed by atoms with E-state index in [1.807, 2.05) is 0 Å². The molecule has 0 bridgehead atoms. The van der Waals surface area contributed by atoms with Crippen molar-refractivity contribution in [1.82, 2.24) is 0 Å². The van der Waals surface area contributed by atoms with Crippen molar-refractivity contribution in [2.75, 3.05) is 0 Å². The third-order valence-electron chi connectivity index (χ3n) is 2.39. The third kappa shape index (κ3) is 4.00. The predicted molar refractivity (Wildman–Crippen MR) is 59.5 cm³/mol. The van der Waals surface area contributed by atoms with Crippen LogP contribution in [-0.2, 0) is 4.79 Å². The highest BCUT2D eigenvalue weighted by Crippen LogP contribution is 2.25. The molecule has 15 heavy (non-hydrogen) atoms. The van der Waals surface area contributed by atoms with E-state index in [0.29, 0.717) is 6.42 Å². The van der Waals surface area contributed by atoms with Crippen LogP contribution >= 0.6 is 11.6 Å². The van der Waals surface area contributed by atoms with E-state index in [2.05, 4.69) is 6.92 Å². The largest absolute Gasteiger partial charge is 0.281 e. The van der Waals surface area contributed by atoms with Gasteiger partial charge in [0.2, 0.25) is 5.24 Å². The first-order valence-corrected chi connectivity index (χ1v) is 5.45. The molecule has 82 valence electrons. The molecular formula is C12H14ClFO. The van der Waals surface area contributed by atoms with Gasteiger partial charge in [-0.1, -0.05) is 25.5 Å². The fourth-order valence-electron chi connectivity index (χ4n) is 1.66. The van der Waals surface area contributed by atoms with Gasteiger partial charge in [0.25, 0.3) is 0 Å². The summed E-state index contributed by atoms with van der Waals surface area (Å²) in [5.74, 6) is -0.146. The van der Waals surface area contributed by atoms with Crippen LogP contribution in [0.1, 0.15) is 37.7 Å². The normalized spacial score (nSPS) is 12.5. The van der Waals surface area contributed by atoms with Crippen LogP contribution in [0.25, 0.3) is 0 Å². The highest BCUT2D eigenvalue weighted by atomic mass is 35.5. The zero-order valence-electron chi connectivity index (χ0n) is 8.67. The van der Waals surface area contributed by atoms with Crippen molar-refractivity contribution in [3.05, 3.63) is 35.6 Å². The molecule has 3 heteroatoms. The Bertz CT molecular complexity index is 321. The van der Waals surface area contributed by atoms with Crippen LogP contribution in [0.5, 0.6) is 0 Å². The third-order valence-corrected chi connectivity index (χ3v) is 2.54. The molecule has 0 spiro atoms. The number of carbonyl (C=O) groups excluding carboxylic acids is 1. The quantitative estimate of drug-likeness (QED) is 0.700. The summed E-state index contributed by atoms with van der Waals surface area (Å²) in [6.07, 6.45) is 2.19. The highest BCUT2D eigenvalue weighted by Gasteiger charge is 2.13. The molecule has 0 aromatic heterocycles. The lowest BCUT2D eigenvalue weighted by Crippen LogP contribution is -2.02. The fraction of sp³-hybridized carbons (Fsp3) is 0.417. The molecule has 0 heterocycles. The molecule has 1 rings (SSSR count). The molecule has 0 aliphatic carbocycles. The molecule has 0 saturated carbocycles. The smallest absolute Gasteiger partial charge is 0.222 e. The summed E-state index contributed by atoms with van der Waals surface area (Å²) in [5.41, 5.74) is 0.979. The Morgan fingerprint density at radius 1 is 1.40 bits per heavy atom. The van der Waals surface area contributed by atoms with Gasteiger partial charge >= 0.3 is 0 Å². The van der Waals surface area contributed by atoms with E-state index in [0.717, 1.165) is 18.4 Å². The predicted octanol–water partition coefficient (Wildman–Crippen LogP) is 3.86. The Kier molecular flexibility index (Phi) is 4.76. The van der Waals surface area contributed by atoms with Crippen molar-refractivity contribution in [1.29, 1.82) is 0 Å². The molecule has 1 aromatic carbocycles. The molecule has 0 unspecified atom stereocenters. The van der Waals surface area contributed by atoms with Crippen molar-refractivity contribution >= 4 is 16.8 Å². The summed E-state index contributed by atoms with van der Waals surface area (Å²) in [6, 6.07) is 6.26. The second-order valence-corrected chi connectivity index (χ2v) is 4.02. The van der Waals surface area contributed by atoms with Crippen molar-refractivity contribution in [2.24, 2.45) is 0 Å². The first-order chi connectivity index (χ1) is 7.13. The topological polar surface area (TPSA) is 17.1 Å². The molecule has 1 atom stereocenters. The van der Waals surface area contributed by atoms with Crippen molar-refractivity contribution in [2.45, 2.75) is 32.1 Å². The van der Waals surface area contributed by atoms with Gasteiger partial charge in [-0.15, -0.1) is 0 Å². The Hall–Kier alpha value is -0.890. The number of carbonyl (C=O) groups is 1. The summed E-state index contributed by atoms with van der Waals surface area (Å²) in [7, 11) is 0. The Labute approximate surface area is 94.3 Å². The van der Waals surface area contributed by atoms with Gasteiger partial charge in [-0.3, -0.25) is 4.79 Å². The lowest BCUT2D eigenvalue weighted by molar-refractivity contribution is -0.112. The van der Waals surface area contributed by atoms with Crippen LogP contribution < -0.4 is 0 Å². The van der Waals surface area contributed by atoms with E-state index in [4.69, 9.17) is 11.6 Å². The minimum Gasteiger partial charge on any atom is -0.281 e. The first-order valence-electron chi connectivity index (χ1n) is 5.07. The van der Waals surface area contributed by atoms with Crippen LogP contribution in [0, 0.1) is 5.82 Å². The second-order valence-electron chi connectivity index (χ2n) is 3.60. The Morgan fingerprint density at radius 2 is 2.00 bits per heavy atom. The summed E-state index contributed by atoms with van der Waals surface area (Å²) in [6.45, 7) is 2.05. The van der Waals surface area contributed by atoms with Gasteiger partial charge < -0.3 is 0 Å². The SMILES string of the molecule is CCC[C@H](CC(=O)Cl)c1ccc(F)cc1. The zero-order chi connectivity index (χ0) is 11.3. The second kappa shape index (κ2) is 5.86. The van der Waals surface area contributed by atoms with Crippen LogP contribution in [0.3, 0.4) is 0 Å². The summed E-state index contributed by atoms with van der Waals surface area (Å²) < 4.78 is 12.7. The van der Waals surface area contributed by atoms with E-state index >= 15 is 0 Å². The van der Waals surface area contributed by atoms with Crippen LogP contribution in [0.15, 0.2) is 24.3 Å². The Morgan fingerprint density at radius 3 is 2.47 bits per heavy atom. The van der Waals surface area contributed by atoms with E-state index in [9.17, 15) is 9.18 Å². The van der Waals surface area contributed by atoms with E-state index in [1.165, 1.54) is 12.1 Å². The van der Waals surface area contributed by atoms with E-state index in [-0.39, 0.29) is 17.0 Å². The number of hydrogen-bond donors (Lipinski definition) is 0. The van der Waals surface area contributed by atoms with Crippen molar-refractivity contribution in [3.63, 3.8) is 0 Å². The monoisotopic (exact) mass is 228 g/mol. The van der Waals surface area contributed by atoms with Gasteiger partial charge in [0.15, 0.2) is 0 Å². The lowest BCUT2D eigenvalue weighted by Gasteiger charge is -2.14.